The largest absolute Gasteiger partial charge is 0.497 e. The predicted molar refractivity (Wildman–Crippen MR) is 74.9 cm³/mol. The van der Waals surface area contributed by atoms with Gasteiger partial charge in [-0.25, -0.2) is 0 Å². The van der Waals surface area contributed by atoms with Gasteiger partial charge >= 0.3 is 0 Å². The van der Waals surface area contributed by atoms with E-state index in [1.165, 1.54) is 0 Å². The number of nitrogens with one attached hydrogen (secondary N) is 1. The highest BCUT2D eigenvalue weighted by atomic mass is 79.9. The van der Waals surface area contributed by atoms with Crippen LogP contribution in [0, 0.1) is 0 Å². The fourth-order valence-electron chi connectivity index (χ4n) is 1.37. The van der Waals surface area contributed by atoms with Crippen LogP contribution in [-0.2, 0) is 4.74 Å². The quantitative estimate of drug-likeness (QED) is 0.869. The molecule has 0 aliphatic rings. The van der Waals surface area contributed by atoms with Gasteiger partial charge in [-0.2, -0.15) is 0 Å². The van der Waals surface area contributed by atoms with E-state index in [1.54, 1.807) is 14.2 Å². The maximum atomic E-state index is 5.37. The highest BCUT2D eigenvalue weighted by Gasteiger charge is 2.15. The summed E-state index contributed by atoms with van der Waals surface area (Å²) >= 11 is 3.51. The third-order valence-electron chi connectivity index (χ3n) is 2.77. The molecule has 0 aromatic heterocycles. The van der Waals surface area contributed by atoms with Gasteiger partial charge in [-0.1, -0.05) is 0 Å². The average molecular weight is 302 g/mol. The molecular formula is C13H20BrNO2. The summed E-state index contributed by atoms with van der Waals surface area (Å²) in [5.41, 5.74) is 0.939. The molecule has 1 aromatic rings. The lowest BCUT2D eigenvalue weighted by molar-refractivity contribution is 0.0185. The van der Waals surface area contributed by atoms with E-state index in [0.717, 1.165) is 28.9 Å². The van der Waals surface area contributed by atoms with Crippen LogP contribution in [0.25, 0.3) is 0 Å². The maximum absolute atomic E-state index is 5.37. The van der Waals surface area contributed by atoms with Crippen molar-refractivity contribution < 1.29 is 9.47 Å². The lowest BCUT2D eigenvalue weighted by atomic mass is 10.1. The second-order valence-electron chi connectivity index (χ2n) is 4.49. The van der Waals surface area contributed by atoms with Gasteiger partial charge in [0.1, 0.15) is 5.75 Å². The highest BCUT2D eigenvalue weighted by molar-refractivity contribution is 9.10. The molecule has 0 spiro atoms. The Kier molecular flexibility index (Phi) is 5.28. The van der Waals surface area contributed by atoms with Crippen molar-refractivity contribution in [1.29, 1.82) is 0 Å². The lowest BCUT2D eigenvalue weighted by Crippen LogP contribution is -2.25. The van der Waals surface area contributed by atoms with E-state index in [2.05, 4.69) is 35.1 Å². The molecule has 96 valence electrons. The van der Waals surface area contributed by atoms with E-state index in [1.807, 2.05) is 18.2 Å². The molecule has 1 rings (SSSR count). The molecule has 17 heavy (non-hydrogen) atoms. The fraction of sp³-hybridized carbons (Fsp3) is 0.538. The van der Waals surface area contributed by atoms with E-state index >= 15 is 0 Å². The van der Waals surface area contributed by atoms with Crippen LogP contribution in [-0.4, -0.2) is 26.4 Å². The smallest absolute Gasteiger partial charge is 0.121 e. The van der Waals surface area contributed by atoms with Crippen molar-refractivity contribution in [2.45, 2.75) is 25.9 Å². The number of hydrogen-bond donors (Lipinski definition) is 1. The zero-order chi connectivity index (χ0) is 12.9. The molecule has 1 aromatic carbocycles. The summed E-state index contributed by atoms with van der Waals surface area (Å²) in [5.74, 6) is 0.849. The van der Waals surface area contributed by atoms with Gasteiger partial charge in [0.05, 0.1) is 18.4 Å². The molecular weight excluding hydrogens is 282 g/mol. The van der Waals surface area contributed by atoms with Crippen LogP contribution < -0.4 is 10.1 Å². The number of ether oxygens (including phenoxy) is 2. The molecule has 0 aliphatic heterocycles. The summed E-state index contributed by atoms with van der Waals surface area (Å²) < 4.78 is 11.6. The van der Waals surface area contributed by atoms with Crippen molar-refractivity contribution in [2.24, 2.45) is 0 Å². The topological polar surface area (TPSA) is 30.5 Å². The molecule has 0 bridgehead atoms. The van der Waals surface area contributed by atoms with Crippen LogP contribution in [0.2, 0.25) is 0 Å². The molecule has 3 nitrogen and oxygen atoms in total. The molecule has 0 fully saturated rings. The van der Waals surface area contributed by atoms with Crippen LogP contribution >= 0.6 is 15.9 Å². The maximum Gasteiger partial charge on any atom is 0.121 e. The van der Waals surface area contributed by atoms with Crippen molar-refractivity contribution in [1.82, 2.24) is 0 Å². The summed E-state index contributed by atoms with van der Waals surface area (Å²) in [5, 5.41) is 3.37. The number of benzene rings is 1. The highest BCUT2D eigenvalue weighted by Crippen LogP contribution is 2.27. The Balaban J connectivity index is 2.57. The van der Waals surface area contributed by atoms with Gasteiger partial charge in [0.25, 0.3) is 0 Å². The Bertz CT molecular complexity index is 366. The van der Waals surface area contributed by atoms with Gasteiger partial charge in [-0.15, -0.1) is 0 Å². The Labute approximate surface area is 112 Å². The first kappa shape index (κ1) is 14.3. The summed E-state index contributed by atoms with van der Waals surface area (Å²) in [6.07, 6.45) is 0.938. The molecule has 0 saturated heterocycles. The number of methoxy groups -OCH3 is 2. The van der Waals surface area contributed by atoms with Crippen LogP contribution in [0.1, 0.15) is 20.3 Å². The molecule has 4 heteroatoms. The number of halogens is 1. The fourth-order valence-corrected chi connectivity index (χ4v) is 1.75. The number of anilines is 1. The summed E-state index contributed by atoms with van der Waals surface area (Å²) in [7, 11) is 3.41. The minimum Gasteiger partial charge on any atom is -0.497 e. The van der Waals surface area contributed by atoms with Gasteiger partial charge in [-0.05, 0) is 48.3 Å². The first-order valence-corrected chi connectivity index (χ1v) is 6.40. The standard InChI is InChI=1S/C13H20BrNO2/c1-13(2,17-4)7-8-15-12-9-10(16-3)5-6-11(12)14/h5-6,9,15H,7-8H2,1-4H3. The Morgan fingerprint density at radius 2 is 2.00 bits per heavy atom. The van der Waals surface area contributed by atoms with Crippen molar-refractivity contribution >= 4 is 21.6 Å². The van der Waals surface area contributed by atoms with E-state index in [9.17, 15) is 0 Å². The number of hydrogen-bond acceptors (Lipinski definition) is 3. The van der Waals surface area contributed by atoms with Crippen molar-refractivity contribution in [2.75, 3.05) is 26.1 Å². The van der Waals surface area contributed by atoms with Gasteiger partial charge in [0, 0.05) is 24.2 Å². The minimum absolute atomic E-state index is 0.0989. The molecule has 0 atom stereocenters. The molecule has 0 unspecified atom stereocenters. The van der Waals surface area contributed by atoms with Crippen molar-refractivity contribution in [3.8, 4) is 5.75 Å². The van der Waals surface area contributed by atoms with Crippen LogP contribution in [0.15, 0.2) is 22.7 Å². The van der Waals surface area contributed by atoms with Crippen molar-refractivity contribution in [3.63, 3.8) is 0 Å². The van der Waals surface area contributed by atoms with E-state index < -0.39 is 0 Å². The molecule has 0 radical (unpaired) electrons. The van der Waals surface area contributed by atoms with Gasteiger partial charge in [0.15, 0.2) is 0 Å². The zero-order valence-electron chi connectivity index (χ0n) is 10.8. The minimum atomic E-state index is -0.0989. The van der Waals surface area contributed by atoms with E-state index in [-0.39, 0.29) is 5.60 Å². The Hall–Kier alpha value is -0.740. The van der Waals surface area contributed by atoms with Crippen LogP contribution in [0.5, 0.6) is 5.75 Å². The molecule has 0 aliphatic carbocycles. The summed E-state index contributed by atoms with van der Waals surface area (Å²) in [6.45, 7) is 5.01. The normalized spacial score (nSPS) is 11.4. The first-order chi connectivity index (χ1) is 7.98. The lowest BCUT2D eigenvalue weighted by Gasteiger charge is -2.23. The first-order valence-electron chi connectivity index (χ1n) is 5.61. The third kappa shape index (κ3) is 4.56. The second-order valence-corrected chi connectivity index (χ2v) is 5.34. The monoisotopic (exact) mass is 301 g/mol. The molecule has 0 amide bonds. The zero-order valence-corrected chi connectivity index (χ0v) is 12.4. The molecule has 0 heterocycles. The second kappa shape index (κ2) is 6.26. The third-order valence-corrected chi connectivity index (χ3v) is 3.46. The summed E-state index contributed by atoms with van der Waals surface area (Å²) in [6, 6.07) is 5.88. The van der Waals surface area contributed by atoms with Gasteiger partial charge < -0.3 is 14.8 Å². The van der Waals surface area contributed by atoms with E-state index in [0.29, 0.717) is 0 Å². The molecule has 0 saturated carbocycles. The van der Waals surface area contributed by atoms with Crippen molar-refractivity contribution in [3.05, 3.63) is 22.7 Å². The van der Waals surface area contributed by atoms with E-state index in [4.69, 9.17) is 9.47 Å². The SMILES string of the molecule is COc1ccc(Br)c(NCCC(C)(C)OC)c1. The summed E-state index contributed by atoms with van der Waals surface area (Å²) in [4.78, 5) is 0. The average Bonchev–Trinajstić information content (AvgIpc) is 2.31. The van der Waals surface area contributed by atoms with Crippen LogP contribution in [0.3, 0.4) is 0 Å². The Morgan fingerprint density at radius 1 is 1.29 bits per heavy atom. The number of rotatable bonds is 6. The van der Waals surface area contributed by atoms with Gasteiger partial charge in [0.2, 0.25) is 0 Å². The predicted octanol–water partition coefficient (Wildman–Crippen LogP) is 3.68. The van der Waals surface area contributed by atoms with Gasteiger partial charge in [-0.3, -0.25) is 0 Å². The Morgan fingerprint density at radius 3 is 2.59 bits per heavy atom. The van der Waals surface area contributed by atoms with Crippen LogP contribution in [0.4, 0.5) is 5.69 Å². The molecule has 1 N–H and O–H groups in total.